The molecule has 6 nitrogen and oxygen atoms in total. The normalized spacial score (nSPS) is 11.2. The molecular formula is C26H22N4O2S. The van der Waals surface area contributed by atoms with Crippen LogP contribution in [0.1, 0.15) is 16.8 Å². The summed E-state index contributed by atoms with van der Waals surface area (Å²) < 4.78 is 2.31. The molecule has 3 aromatic carbocycles. The Bertz CT molecular complexity index is 1530. The van der Waals surface area contributed by atoms with Crippen molar-refractivity contribution in [3.63, 3.8) is 0 Å². The molecule has 0 atom stereocenters. The number of nitrogens with zero attached hydrogens (tertiary/aromatic N) is 4. The molecule has 5 rings (SSSR count). The van der Waals surface area contributed by atoms with E-state index in [1.807, 2.05) is 68.4 Å². The standard InChI is InChI=1S/C26H22N4O2S/c1-16-12-17(2)14-18(13-16)30(26-27-21-10-6-7-11-23(21)33-26)24(31)15-22-19-8-4-5-9-20(19)25(32)29(3)28-22/h4-14H,15H2,1-3H3. The summed E-state index contributed by atoms with van der Waals surface area (Å²) in [5.74, 6) is -0.157. The molecule has 0 N–H and O–H groups in total. The van der Waals surface area contributed by atoms with Crippen LogP contribution in [0.25, 0.3) is 21.0 Å². The van der Waals surface area contributed by atoms with Gasteiger partial charge in [-0.15, -0.1) is 0 Å². The number of benzene rings is 3. The molecule has 0 unspecified atom stereocenters. The summed E-state index contributed by atoms with van der Waals surface area (Å²) >= 11 is 1.48. The van der Waals surface area contributed by atoms with Crippen molar-refractivity contribution in [2.24, 2.45) is 7.05 Å². The van der Waals surface area contributed by atoms with Crippen molar-refractivity contribution >= 4 is 49.1 Å². The van der Waals surface area contributed by atoms with Crippen LogP contribution in [0.3, 0.4) is 0 Å². The van der Waals surface area contributed by atoms with Crippen molar-refractivity contribution in [2.45, 2.75) is 20.3 Å². The van der Waals surface area contributed by atoms with E-state index in [0.29, 0.717) is 21.6 Å². The largest absolute Gasteiger partial charge is 0.274 e. The first kappa shape index (κ1) is 21.0. The summed E-state index contributed by atoms with van der Waals surface area (Å²) in [6.45, 7) is 4.03. The van der Waals surface area contributed by atoms with Crippen LogP contribution in [0.15, 0.2) is 71.5 Å². The fourth-order valence-electron chi connectivity index (χ4n) is 4.13. The molecule has 0 saturated carbocycles. The molecule has 164 valence electrons. The van der Waals surface area contributed by atoms with Crippen LogP contribution < -0.4 is 10.5 Å². The number of carbonyl (C=O) groups excluding carboxylic acids is 1. The quantitative estimate of drug-likeness (QED) is 0.380. The third kappa shape index (κ3) is 3.91. The number of carbonyl (C=O) groups is 1. The van der Waals surface area contributed by atoms with Crippen molar-refractivity contribution < 1.29 is 4.79 Å². The van der Waals surface area contributed by atoms with E-state index in [1.54, 1.807) is 18.0 Å². The molecule has 0 aliphatic heterocycles. The number of fused-ring (bicyclic) bond motifs is 2. The average molecular weight is 455 g/mol. The Morgan fingerprint density at radius 3 is 2.36 bits per heavy atom. The Balaban J connectivity index is 1.64. The molecule has 7 heteroatoms. The summed E-state index contributed by atoms with van der Waals surface area (Å²) in [7, 11) is 1.61. The first-order chi connectivity index (χ1) is 15.9. The van der Waals surface area contributed by atoms with Gasteiger partial charge in [0.05, 0.1) is 33.4 Å². The molecule has 5 aromatic rings. The number of amides is 1. The Hall–Kier alpha value is -3.84. The van der Waals surface area contributed by atoms with Crippen LogP contribution in [-0.2, 0) is 18.3 Å². The minimum absolute atomic E-state index is 0.0392. The Morgan fingerprint density at radius 1 is 0.970 bits per heavy atom. The summed E-state index contributed by atoms with van der Waals surface area (Å²) in [5, 5.41) is 6.28. The lowest BCUT2D eigenvalue weighted by Crippen LogP contribution is -2.29. The molecule has 0 fully saturated rings. The van der Waals surface area contributed by atoms with Gasteiger partial charge < -0.3 is 0 Å². The molecule has 0 aliphatic rings. The molecule has 2 aromatic heterocycles. The van der Waals surface area contributed by atoms with E-state index in [9.17, 15) is 9.59 Å². The number of thiazole rings is 1. The second-order valence-electron chi connectivity index (χ2n) is 8.14. The zero-order chi connectivity index (χ0) is 23.1. The van der Waals surface area contributed by atoms with Gasteiger partial charge in [0, 0.05) is 12.4 Å². The topological polar surface area (TPSA) is 68.1 Å². The van der Waals surface area contributed by atoms with Gasteiger partial charge in [-0.3, -0.25) is 14.5 Å². The van der Waals surface area contributed by atoms with Gasteiger partial charge in [0.15, 0.2) is 5.13 Å². The van der Waals surface area contributed by atoms with E-state index in [0.717, 1.165) is 27.0 Å². The number of aromatic nitrogens is 3. The van der Waals surface area contributed by atoms with Crippen LogP contribution >= 0.6 is 11.3 Å². The first-order valence-corrected chi connectivity index (χ1v) is 11.4. The van der Waals surface area contributed by atoms with E-state index in [1.165, 1.54) is 16.0 Å². The molecule has 0 radical (unpaired) electrons. The van der Waals surface area contributed by atoms with E-state index >= 15 is 0 Å². The number of rotatable bonds is 4. The van der Waals surface area contributed by atoms with Crippen molar-refractivity contribution in [2.75, 3.05) is 4.90 Å². The van der Waals surface area contributed by atoms with Gasteiger partial charge in [-0.05, 0) is 55.3 Å². The van der Waals surface area contributed by atoms with Gasteiger partial charge in [-0.25, -0.2) is 9.67 Å². The van der Waals surface area contributed by atoms with Gasteiger partial charge in [0.2, 0.25) is 5.91 Å². The third-order valence-electron chi connectivity index (χ3n) is 5.54. The van der Waals surface area contributed by atoms with Gasteiger partial charge in [0.1, 0.15) is 0 Å². The predicted octanol–water partition coefficient (Wildman–Crippen LogP) is 5.07. The minimum Gasteiger partial charge on any atom is -0.274 e. The minimum atomic E-state index is -0.181. The predicted molar refractivity (Wildman–Crippen MR) is 133 cm³/mol. The summed E-state index contributed by atoms with van der Waals surface area (Å²) in [6.07, 6.45) is 0.0392. The Morgan fingerprint density at radius 2 is 1.64 bits per heavy atom. The number of aryl methyl sites for hydroxylation is 3. The zero-order valence-corrected chi connectivity index (χ0v) is 19.4. The highest BCUT2D eigenvalue weighted by Crippen LogP contribution is 2.35. The maximum Gasteiger partial charge on any atom is 0.274 e. The van der Waals surface area contributed by atoms with Gasteiger partial charge in [-0.1, -0.05) is 47.7 Å². The van der Waals surface area contributed by atoms with E-state index in [4.69, 9.17) is 4.98 Å². The summed E-state index contributed by atoms with van der Waals surface area (Å²) in [6, 6.07) is 21.2. The summed E-state index contributed by atoms with van der Waals surface area (Å²) in [4.78, 5) is 32.8. The molecule has 0 saturated heterocycles. The molecule has 0 aliphatic carbocycles. The van der Waals surface area contributed by atoms with Gasteiger partial charge in [-0.2, -0.15) is 5.10 Å². The maximum atomic E-state index is 13.8. The SMILES string of the molecule is Cc1cc(C)cc(N(C(=O)Cc2nn(C)c(=O)c3ccccc23)c2nc3ccccc3s2)c1. The lowest BCUT2D eigenvalue weighted by molar-refractivity contribution is -0.117. The maximum absolute atomic E-state index is 13.8. The van der Waals surface area contributed by atoms with Crippen LogP contribution in [-0.4, -0.2) is 20.7 Å². The van der Waals surface area contributed by atoms with Crippen molar-refractivity contribution in [3.8, 4) is 0 Å². The van der Waals surface area contributed by atoms with Crippen LogP contribution in [0, 0.1) is 13.8 Å². The fraction of sp³-hybridized carbons (Fsp3) is 0.154. The van der Waals surface area contributed by atoms with Crippen LogP contribution in [0.5, 0.6) is 0 Å². The van der Waals surface area contributed by atoms with E-state index < -0.39 is 0 Å². The van der Waals surface area contributed by atoms with Crippen molar-refractivity contribution in [1.29, 1.82) is 0 Å². The smallest absolute Gasteiger partial charge is 0.274 e. The molecule has 0 bridgehead atoms. The number of hydrogen-bond donors (Lipinski definition) is 0. The second-order valence-corrected chi connectivity index (χ2v) is 9.15. The highest BCUT2D eigenvalue weighted by atomic mass is 32.1. The number of anilines is 2. The summed E-state index contributed by atoms with van der Waals surface area (Å²) in [5.41, 5.74) is 4.13. The van der Waals surface area contributed by atoms with Crippen molar-refractivity contribution in [3.05, 3.63) is 93.9 Å². The molecule has 0 spiro atoms. The third-order valence-corrected chi connectivity index (χ3v) is 6.56. The second kappa shape index (κ2) is 8.26. The highest BCUT2D eigenvalue weighted by molar-refractivity contribution is 7.22. The van der Waals surface area contributed by atoms with Crippen molar-refractivity contribution in [1.82, 2.24) is 14.8 Å². The number of para-hydroxylation sites is 1. The Kier molecular flexibility index (Phi) is 5.26. The molecular weight excluding hydrogens is 432 g/mol. The van der Waals surface area contributed by atoms with Gasteiger partial charge >= 0.3 is 0 Å². The average Bonchev–Trinajstić information content (AvgIpc) is 3.20. The van der Waals surface area contributed by atoms with Crippen LogP contribution in [0.2, 0.25) is 0 Å². The van der Waals surface area contributed by atoms with E-state index in [-0.39, 0.29) is 17.9 Å². The van der Waals surface area contributed by atoms with Gasteiger partial charge in [0.25, 0.3) is 5.56 Å². The Labute approximate surface area is 194 Å². The lowest BCUT2D eigenvalue weighted by atomic mass is 10.1. The zero-order valence-electron chi connectivity index (χ0n) is 18.6. The lowest BCUT2D eigenvalue weighted by Gasteiger charge is -2.21. The molecule has 2 heterocycles. The molecule has 33 heavy (non-hydrogen) atoms. The highest BCUT2D eigenvalue weighted by Gasteiger charge is 2.24. The number of hydrogen-bond acceptors (Lipinski definition) is 5. The van der Waals surface area contributed by atoms with Crippen LogP contribution in [0.4, 0.5) is 10.8 Å². The van der Waals surface area contributed by atoms with E-state index in [2.05, 4.69) is 11.2 Å². The first-order valence-electron chi connectivity index (χ1n) is 10.6. The monoisotopic (exact) mass is 454 g/mol. The molecule has 1 amide bonds. The fourth-order valence-corrected chi connectivity index (χ4v) is 5.13.